The lowest BCUT2D eigenvalue weighted by atomic mass is 10.2. The maximum atomic E-state index is 11.8. The van der Waals surface area contributed by atoms with E-state index in [2.05, 4.69) is 39.9 Å². The van der Waals surface area contributed by atoms with Crippen LogP contribution in [0.25, 0.3) is 0 Å². The molecule has 2 rings (SSSR count). The summed E-state index contributed by atoms with van der Waals surface area (Å²) in [6.07, 6.45) is 0. The van der Waals surface area contributed by atoms with Gasteiger partial charge in [-0.2, -0.15) is 5.10 Å². The van der Waals surface area contributed by atoms with Gasteiger partial charge in [0, 0.05) is 12.6 Å². The number of fused-ring (bicyclic) bond motifs is 1. The third-order valence-electron chi connectivity index (χ3n) is 2.56. The average Bonchev–Trinajstić information content (AvgIpc) is 2.53. The van der Waals surface area contributed by atoms with Crippen LogP contribution in [0.5, 0.6) is 0 Å². The highest BCUT2D eigenvalue weighted by molar-refractivity contribution is 14.1. The zero-order valence-corrected chi connectivity index (χ0v) is 11.4. The fourth-order valence-electron chi connectivity index (χ4n) is 1.80. The van der Waals surface area contributed by atoms with Gasteiger partial charge in [0.1, 0.15) is 9.26 Å². The van der Waals surface area contributed by atoms with E-state index in [1.54, 1.807) is 6.92 Å². The van der Waals surface area contributed by atoms with Crippen molar-refractivity contribution in [3.63, 3.8) is 0 Å². The van der Waals surface area contributed by atoms with Crippen LogP contribution in [-0.2, 0) is 17.8 Å². The molecule has 0 bridgehead atoms. The number of hydrogen-bond acceptors (Lipinski definition) is 4. The summed E-state index contributed by atoms with van der Waals surface area (Å²) in [6.45, 7) is 5.77. The summed E-state index contributed by atoms with van der Waals surface area (Å²) in [6, 6.07) is 0.387. The Morgan fingerprint density at radius 3 is 3.19 bits per heavy atom. The van der Waals surface area contributed by atoms with Crippen LogP contribution in [0, 0.1) is 3.70 Å². The number of carbonyl (C=O) groups excluding carboxylic acids is 1. The zero-order valence-electron chi connectivity index (χ0n) is 9.29. The maximum absolute atomic E-state index is 11.8. The molecule has 1 aliphatic heterocycles. The number of ether oxygens (including phenoxy) is 1. The Bertz CT molecular complexity index is 416. The molecule has 0 aromatic carbocycles. The molecule has 5 nitrogen and oxygen atoms in total. The summed E-state index contributed by atoms with van der Waals surface area (Å²) in [5.74, 6) is -0.274. The molecule has 0 saturated carbocycles. The van der Waals surface area contributed by atoms with E-state index in [4.69, 9.17) is 4.74 Å². The van der Waals surface area contributed by atoms with Gasteiger partial charge in [0.15, 0.2) is 0 Å². The first-order valence-electron chi connectivity index (χ1n) is 5.29. The Kier molecular flexibility index (Phi) is 3.48. The summed E-state index contributed by atoms with van der Waals surface area (Å²) < 4.78 is 7.66. The highest BCUT2D eigenvalue weighted by Crippen LogP contribution is 2.20. The van der Waals surface area contributed by atoms with Crippen molar-refractivity contribution < 1.29 is 9.53 Å². The van der Waals surface area contributed by atoms with Gasteiger partial charge in [0.2, 0.25) is 0 Å². The van der Waals surface area contributed by atoms with Crippen molar-refractivity contribution >= 4 is 28.6 Å². The third-order valence-corrected chi connectivity index (χ3v) is 3.31. The molecule has 6 heteroatoms. The second-order valence-electron chi connectivity index (χ2n) is 3.80. The van der Waals surface area contributed by atoms with E-state index in [1.165, 1.54) is 0 Å². The summed E-state index contributed by atoms with van der Waals surface area (Å²) in [5.41, 5.74) is 1.54. The van der Waals surface area contributed by atoms with Crippen molar-refractivity contribution in [1.29, 1.82) is 0 Å². The van der Waals surface area contributed by atoms with E-state index >= 15 is 0 Å². The van der Waals surface area contributed by atoms with Gasteiger partial charge >= 0.3 is 5.97 Å². The number of hydrogen-bond donors (Lipinski definition) is 1. The first-order chi connectivity index (χ1) is 7.63. The highest BCUT2D eigenvalue weighted by atomic mass is 127. The Labute approximate surface area is 108 Å². The monoisotopic (exact) mass is 335 g/mol. The zero-order chi connectivity index (χ0) is 11.7. The van der Waals surface area contributed by atoms with E-state index in [-0.39, 0.29) is 5.97 Å². The summed E-state index contributed by atoms with van der Waals surface area (Å²) in [4.78, 5) is 11.8. The lowest BCUT2D eigenvalue weighted by Gasteiger charge is -2.22. The first kappa shape index (κ1) is 11.8. The van der Waals surface area contributed by atoms with E-state index < -0.39 is 0 Å². The van der Waals surface area contributed by atoms with Crippen LogP contribution in [0.4, 0.5) is 0 Å². The molecule has 0 saturated heterocycles. The van der Waals surface area contributed by atoms with Gasteiger partial charge in [-0.1, -0.05) is 0 Å². The van der Waals surface area contributed by atoms with Gasteiger partial charge < -0.3 is 10.1 Å². The molecular formula is C10H14IN3O2. The largest absolute Gasteiger partial charge is 0.462 e. The lowest BCUT2D eigenvalue weighted by Crippen LogP contribution is -2.37. The number of halogens is 1. The molecule has 0 spiro atoms. The Hall–Kier alpha value is -0.630. The van der Waals surface area contributed by atoms with E-state index in [0.717, 1.165) is 15.9 Å². The molecule has 0 aliphatic carbocycles. The number of esters is 1. The maximum Gasteiger partial charge on any atom is 0.342 e. The molecule has 0 fully saturated rings. The lowest BCUT2D eigenvalue weighted by molar-refractivity contribution is 0.0523. The minimum Gasteiger partial charge on any atom is -0.462 e. The summed E-state index contributed by atoms with van der Waals surface area (Å²) in [5, 5.41) is 7.68. The summed E-state index contributed by atoms with van der Waals surface area (Å²) in [7, 11) is 0. The van der Waals surface area contributed by atoms with Crippen LogP contribution >= 0.6 is 22.6 Å². The molecule has 1 unspecified atom stereocenters. The Morgan fingerprint density at radius 2 is 2.50 bits per heavy atom. The Morgan fingerprint density at radius 1 is 1.75 bits per heavy atom. The van der Waals surface area contributed by atoms with Gasteiger partial charge in [-0.25, -0.2) is 4.79 Å². The Balaban J connectivity index is 2.35. The van der Waals surface area contributed by atoms with Crippen molar-refractivity contribution in [1.82, 2.24) is 15.1 Å². The average molecular weight is 335 g/mol. The van der Waals surface area contributed by atoms with Crippen LogP contribution in [0.2, 0.25) is 0 Å². The van der Waals surface area contributed by atoms with E-state index in [0.29, 0.717) is 24.8 Å². The van der Waals surface area contributed by atoms with Gasteiger partial charge in [-0.15, -0.1) is 0 Å². The van der Waals surface area contributed by atoms with Crippen LogP contribution in [0.1, 0.15) is 29.9 Å². The topological polar surface area (TPSA) is 56.1 Å². The number of nitrogens with zero attached hydrogens (tertiary/aromatic N) is 2. The number of aromatic nitrogens is 2. The van der Waals surface area contributed by atoms with Crippen LogP contribution in [-0.4, -0.2) is 28.4 Å². The third kappa shape index (κ3) is 2.08. The van der Waals surface area contributed by atoms with Gasteiger partial charge in [-0.3, -0.25) is 4.68 Å². The first-order valence-corrected chi connectivity index (χ1v) is 6.37. The van der Waals surface area contributed by atoms with Crippen molar-refractivity contribution in [3.8, 4) is 0 Å². The molecule has 1 aromatic rings. The normalized spacial score (nSPS) is 19.3. The van der Waals surface area contributed by atoms with Gasteiger partial charge in [0.25, 0.3) is 0 Å². The molecular weight excluding hydrogens is 321 g/mol. The van der Waals surface area contributed by atoms with Crippen molar-refractivity contribution in [2.45, 2.75) is 33.0 Å². The molecule has 88 valence electrons. The van der Waals surface area contributed by atoms with Crippen molar-refractivity contribution in [2.24, 2.45) is 0 Å². The van der Waals surface area contributed by atoms with Gasteiger partial charge in [0.05, 0.1) is 18.8 Å². The standard InChI is InChI=1S/C10H14IN3O2/c1-3-16-10(15)8-7-4-12-6(2)5-14(7)13-9(8)11/h6,12H,3-5H2,1-2H3. The molecule has 0 amide bonds. The fourth-order valence-corrected chi connectivity index (χ4v) is 2.59. The number of rotatable bonds is 2. The van der Waals surface area contributed by atoms with E-state index in [1.807, 2.05) is 4.68 Å². The van der Waals surface area contributed by atoms with Crippen LogP contribution in [0.15, 0.2) is 0 Å². The highest BCUT2D eigenvalue weighted by Gasteiger charge is 2.26. The molecule has 1 atom stereocenters. The second-order valence-corrected chi connectivity index (χ2v) is 4.82. The predicted molar refractivity (Wildman–Crippen MR) is 67.2 cm³/mol. The summed E-state index contributed by atoms with van der Waals surface area (Å²) >= 11 is 2.08. The molecule has 0 radical (unpaired) electrons. The number of carbonyl (C=O) groups is 1. The molecule has 2 heterocycles. The van der Waals surface area contributed by atoms with Crippen LogP contribution in [0.3, 0.4) is 0 Å². The van der Waals surface area contributed by atoms with E-state index in [9.17, 15) is 4.79 Å². The van der Waals surface area contributed by atoms with Crippen molar-refractivity contribution in [3.05, 3.63) is 15.0 Å². The quantitative estimate of drug-likeness (QED) is 0.651. The molecule has 16 heavy (non-hydrogen) atoms. The van der Waals surface area contributed by atoms with Gasteiger partial charge in [-0.05, 0) is 36.4 Å². The molecule has 1 aliphatic rings. The fraction of sp³-hybridized carbons (Fsp3) is 0.600. The molecule has 1 N–H and O–H groups in total. The minimum absolute atomic E-state index is 0.274. The van der Waals surface area contributed by atoms with Crippen LogP contribution < -0.4 is 5.32 Å². The predicted octanol–water partition coefficient (Wildman–Crippen LogP) is 1.16. The SMILES string of the molecule is CCOC(=O)c1c(I)nn2c1CNC(C)C2. The smallest absolute Gasteiger partial charge is 0.342 e. The molecule has 1 aromatic heterocycles. The van der Waals surface area contributed by atoms with Crippen molar-refractivity contribution in [2.75, 3.05) is 6.61 Å². The minimum atomic E-state index is -0.274. The number of nitrogens with one attached hydrogen (secondary N) is 1. The second kappa shape index (κ2) is 4.70.